The van der Waals surface area contributed by atoms with E-state index in [9.17, 15) is 4.79 Å². The molecule has 0 heterocycles. The molecule has 0 aliphatic carbocycles. The fraction of sp³-hybridized carbons (Fsp3) is 0.316. The molecule has 0 atom stereocenters. The van der Waals surface area contributed by atoms with Crippen LogP contribution in [-0.4, -0.2) is 19.1 Å². The monoisotopic (exact) mass is 375 g/mol. The first-order valence-electron chi connectivity index (χ1n) is 7.68. The van der Waals surface area contributed by atoms with Crippen LogP contribution < -0.4 is 10.1 Å². The van der Waals surface area contributed by atoms with Gasteiger partial charge in [-0.15, -0.1) is 0 Å². The van der Waals surface area contributed by atoms with E-state index >= 15 is 0 Å². The van der Waals surface area contributed by atoms with E-state index in [1.165, 1.54) is 5.56 Å². The molecule has 0 spiro atoms. The van der Waals surface area contributed by atoms with Crippen LogP contribution in [0.3, 0.4) is 0 Å². The molecule has 2 rings (SSSR count). The topological polar surface area (TPSA) is 38.3 Å². The summed E-state index contributed by atoms with van der Waals surface area (Å²) in [6, 6.07) is 11.9. The van der Waals surface area contributed by atoms with Gasteiger partial charge in [-0.1, -0.05) is 46.3 Å². The summed E-state index contributed by atoms with van der Waals surface area (Å²) in [7, 11) is 0. The molecule has 0 aromatic heterocycles. The SMILES string of the molecule is Cc1ccc(C)c(OCCNC(=O)Cc2ccccc2Br)c1C. The largest absolute Gasteiger partial charge is 0.491 e. The van der Waals surface area contributed by atoms with Crippen molar-refractivity contribution in [1.29, 1.82) is 0 Å². The summed E-state index contributed by atoms with van der Waals surface area (Å²) in [6.07, 6.45) is 0.365. The van der Waals surface area contributed by atoms with Gasteiger partial charge in [0.1, 0.15) is 12.4 Å². The lowest BCUT2D eigenvalue weighted by atomic mass is 10.1. The summed E-state index contributed by atoms with van der Waals surface area (Å²) in [4.78, 5) is 12.0. The Labute approximate surface area is 146 Å². The minimum Gasteiger partial charge on any atom is -0.491 e. The van der Waals surface area contributed by atoms with Crippen LogP contribution in [0.5, 0.6) is 5.75 Å². The molecule has 0 fully saturated rings. The van der Waals surface area contributed by atoms with E-state index in [2.05, 4.69) is 47.2 Å². The number of ether oxygens (including phenoxy) is 1. The molecule has 0 aliphatic heterocycles. The fourth-order valence-corrected chi connectivity index (χ4v) is 2.79. The number of rotatable bonds is 6. The summed E-state index contributed by atoms with van der Waals surface area (Å²) in [6.45, 7) is 7.13. The van der Waals surface area contributed by atoms with Crippen molar-refractivity contribution in [2.75, 3.05) is 13.2 Å². The van der Waals surface area contributed by atoms with Crippen LogP contribution in [0.15, 0.2) is 40.9 Å². The standard InChI is InChI=1S/C19H22BrNO2/c1-13-8-9-14(2)19(15(13)3)23-11-10-21-18(22)12-16-6-4-5-7-17(16)20/h4-9H,10-12H2,1-3H3,(H,21,22). The van der Waals surface area contributed by atoms with E-state index in [1.807, 2.05) is 31.2 Å². The molecule has 122 valence electrons. The normalized spacial score (nSPS) is 10.4. The molecule has 1 amide bonds. The van der Waals surface area contributed by atoms with E-state index in [0.717, 1.165) is 26.9 Å². The van der Waals surface area contributed by atoms with Crippen molar-refractivity contribution in [3.8, 4) is 5.75 Å². The van der Waals surface area contributed by atoms with Crippen molar-refractivity contribution in [1.82, 2.24) is 5.32 Å². The number of benzene rings is 2. The fourth-order valence-electron chi connectivity index (χ4n) is 2.37. The molecule has 0 aliphatic rings. The highest BCUT2D eigenvalue weighted by atomic mass is 79.9. The van der Waals surface area contributed by atoms with Gasteiger partial charge >= 0.3 is 0 Å². The van der Waals surface area contributed by atoms with Gasteiger partial charge in [-0.25, -0.2) is 0 Å². The van der Waals surface area contributed by atoms with Crippen molar-refractivity contribution >= 4 is 21.8 Å². The second kappa shape index (κ2) is 8.16. The highest BCUT2D eigenvalue weighted by Crippen LogP contribution is 2.25. The minimum atomic E-state index is -0.00168. The van der Waals surface area contributed by atoms with Gasteiger partial charge in [0.25, 0.3) is 0 Å². The Morgan fingerprint density at radius 3 is 2.52 bits per heavy atom. The van der Waals surface area contributed by atoms with E-state index in [1.54, 1.807) is 0 Å². The van der Waals surface area contributed by atoms with Gasteiger partial charge < -0.3 is 10.1 Å². The number of carbonyl (C=O) groups is 1. The third-order valence-electron chi connectivity index (χ3n) is 3.85. The molecule has 3 nitrogen and oxygen atoms in total. The lowest BCUT2D eigenvalue weighted by molar-refractivity contribution is -0.120. The Bertz CT molecular complexity index is 698. The molecule has 2 aromatic carbocycles. The number of carbonyl (C=O) groups excluding carboxylic acids is 1. The number of hydrogen-bond acceptors (Lipinski definition) is 2. The van der Waals surface area contributed by atoms with Crippen molar-refractivity contribution in [2.45, 2.75) is 27.2 Å². The Kier molecular flexibility index (Phi) is 6.22. The highest BCUT2D eigenvalue weighted by molar-refractivity contribution is 9.10. The second-order valence-corrected chi connectivity index (χ2v) is 6.47. The molecule has 4 heteroatoms. The maximum atomic E-state index is 12.0. The molecule has 0 saturated heterocycles. The van der Waals surface area contributed by atoms with Crippen molar-refractivity contribution in [3.63, 3.8) is 0 Å². The minimum absolute atomic E-state index is 0.00168. The number of nitrogens with one attached hydrogen (secondary N) is 1. The molecular formula is C19H22BrNO2. The lowest BCUT2D eigenvalue weighted by Crippen LogP contribution is -2.29. The summed E-state index contributed by atoms with van der Waals surface area (Å²) >= 11 is 3.46. The zero-order valence-electron chi connectivity index (χ0n) is 13.8. The predicted octanol–water partition coefficient (Wildman–Crippen LogP) is 4.11. The second-order valence-electron chi connectivity index (χ2n) is 5.62. The zero-order valence-corrected chi connectivity index (χ0v) is 15.4. The van der Waals surface area contributed by atoms with Crippen molar-refractivity contribution in [2.24, 2.45) is 0 Å². The first-order chi connectivity index (χ1) is 11.0. The van der Waals surface area contributed by atoms with Gasteiger partial charge in [-0.05, 0) is 49.1 Å². The van der Waals surface area contributed by atoms with E-state index in [4.69, 9.17) is 4.74 Å². The lowest BCUT2D eigenvalue weighted by Gasteiger charge is -2.14. The highest BCUT2D eigenvalue weighted by Gasteiger charge is 2.08. The molecule has 2 aromatic rings. The third-order valence-corrected chi connectivity index (χ3v) is 4.63. The molecule has 0 bridgehead atoms. The average Bonchev–Trinajstić information content (AvgIpc) is 2.52. The summed E-state index contributed by atoms with van der Waals surface area (Å²) in [5.74, 6) is 0.920. The molecule has 0 unspecified atom stereocenters. The van der Waals surface area contributed by atoms with Crippen LogP contribution in [0.4, 0.5) is 0 Å². The zero-order chi connectivity index (χ0) is 16.8. The smallest absolute Gasteiger partial charge is 0.224 e. The van der Waals surface area contributed by atoms with Gasteiger partial charge in [0.15, 0.2) is 0 Å². The van der Waals surface area contributed by atoms with Gasteiger partial charge in [0, 0.05) is 4.47 Å². The van der Waals surface area contributed by atoms with Crippen molar-refractivity contribution < 1.29 is 9.53 Å². The van der Waals surface area contributed by atoms with Gasteiger partial charge in [-0.2, -0.15) is 0 Å². The maximum Gasteiger partial charge on any atom is 0.224 e. The molecule has 23 heavy (non-hydrogen) atoms. The Balaban J connectivity index is 1.81. The summed E-state index contributed by atoms with van der Waals surface area (Å²) in [5.41, 5.74) is 4.47. The number of hydrogen-bond donors (Lipinski definition) is 1. The summed E-state index contributed by atoms with van der Waals surface area (Å²) in [5, 5.41) is 2.90. The predicted molar refractivity (Wildman–Crippen MR) is 97.0 cm³/mol. The number of aryl methyl sites for hydroxylation is 2. The summed E-state index contributed by atoms with van der Waals surface area (Å²) < 4.78 is 6.80. The van der Waals surface area contributed by atoms with E-state index in [-0.39, 0.29) is 5.91 Å². The molecule has 0 radical (unpaired) electrons. The molecule has 0 saturated carbocycles. The Hall–Kier alpha value is -1.81. The van der Waals surface area contributed by atoms with Gasteiger partial charge in [-0.3, -0.25) is 4.79 Å². The Morgan fingerprint density at radius 2 is 1.78 bits per heavy atom. The number of halogens is 1. The first kappa shape index (κ1) is 17.5. The van der Waals surface area contributed by atoms with Crippen LogP contribution in [0.1, 0.15) is 22.3 Å². The maximum absolute atomic E-state index is 12.0. The van der Waals surface area contributed by atoms with Crippen LogP contribution >= 0.6 is 15.9 Å². The molecular weight excluding hydrogens is 354 g/mol. The number of amides is 1. The van der Waals surface area contributed by atoms with E-state index in [0.29, 0.717) is 19.6 Å². The Morgan fingerprint density at radius 1 is 1.09 bits per heavy atom. The van der Waals surface area contributed by atoms with Crippen molar-refractivity contribution in [3.05, 3.63) is 63.1 Å². The van der Waals surface area contributed by atoms with Gasteiger partial charge in [0.05, 0.1) is 13.0 Å². The van der Waals surface area contributed by atoms with Gasteiger partial charge in [0.2, 0.25) is 5.91 Å². The van der Waals surface area contributed by atoms with Crippen LogP contribution in [-0.2, 0) is 11.2 Å². The quantitative estimate of drug-likeness (QED) is 0.771. The van der Waals surface area contributed by atoms with E-state index < -0.39 is 0 Å². The van der Waals surface area contributed by atoms with Crippen LogP contribution in [0, 0.1) is 20.8 Å². The van der Waals surface area contributed by atoms with Crippen LogP contribution in [0.2, 0.25) is 0 Å². The molecule has 1 N–H and O–H groups in total. The van der Waals surface area contributed by atoms with Crippen LogP contribution in [0.25, 0.3) is 0 Å². The first-order valence-corrected chi connectivity index (χ1v) is 8.48. The third kappa shape index (κ3) is 4.83. The average molecular weight is 376 g/mol.